The number of rotatable bonds is 5. The van der Waals surface area contributed by atoms with Gasteiger partial charge in [0.2, 0.25) is 5.82 Å². The highest BCUT2D eigenvalue weighted by molar-refractivity contribution is 6.78. The molecule has 0 spiro atoms. The summed E-state index contributed by atoms with van der Waals surface area (Å²) in [5.74, 6) is -12.3. The second kappa shape index (κ2) is 6.62. The summed E-state index contributed by atoms with van der Waals surface area (Å²) in [5, 5.41) is 0. The fourth-order valence-corrected chi connectivity index (χ4v) is 9.34. The zero-order valence-corrected chi connectivity index (χ0v) is 16.5. The first-order chi connectivity index (χ1) is 11.8. The Morgan fingerprint density at radius 1 is 0.808 bits per heavy atom. The molecule has 1 aromatic rings. The van der Waals surface area contributed by atoms with Gasteiger partial charge in [0.25, 0.3) is 14.2 Å². The largest absolute Gasteiger partial charge is 0.539 e. The minimum atomic E-state index is -4.12. The molecule has 1 nitrogen and oxygen atoms in total. The molecule has 0 aliphatic heterocycles. The smallest absolute Gasteiger partial charge is 0.298 e. The van der Waals surface area contributed by atoms with E-state index in [1.165, 1.54) is 0 Å². The molecule has 0 fully saturated rings. The van der Waals surface area contributed by atoms with E-state index in [1.807, 2.05) is 41.5 Å². The highest BCUT2D eigenvalue weighted by Gasteiger charge is 2.51. The topological polar surface area (TPSA) is 9.23 Å². The lowest BCUT2D eigenvalue weighted by molar-refractivity contribution is 0.0502. The molecular weight excluding hydrogens is 374 g/mol. The Kier molecular flexibility index (Phi) is 5.31. The van der Waals surface area contributed by atoms with Gasteiger partial charge in [0.15, 0.2) is 17.4 Å². The van der Waals surface area contributed by atoms with Gasteiger partial charge in [0.05, 0.1) is 11.1 Å². The highest BCUT2D eigenvalue weighted by Crippen LogP contribution is 2.51. The van der Waals surface area contributed by atoms with Gasteiger partial charge in [-0.15, -0.1) is 0 Å². The summed E-state index contributed by atoms with van der Waals surface area (Å²) in [5.41, 5.74) is -3.22. The predicted molar refractivity (Wildman–Crippen MR) is 91.0 cm³/mol. The van der Waals surface area contributed by atoms with Crippen LogP contribution in [0.25, 0.3) is 5.83 Å². The molecular formula is C18H22F6OSi. The molecule has 1 aromatic carbocycles. The fourth-order valence-electron chi connectivity index (χ4n) is 4.10. The summed E-state index contributed by atoms with van der Waals surface area (Å²) in [4.78, 5) is 0. The van der Waals surface area contributed by atoms with Gasteiger partial charge in [-0.3, -0.25) is 0 Å². The van der Waals surface area contributed by atoms with Crippen LogP contribution in [0.4, 0.5) is 26.3 Å². The van der Waals surface area contributed by atoms with E-state index in [9.17, 15) is 26.3 Å². The molecule has 0 radical (unpaired) electrons. The van der Waals surface area contributed by atoms with Gasteiger partial charge in [-0.05, 0) is 16.6 Å². The van der Waals surface area contributed by atoms with E-state index in [1.54, 1.807) is 0 Å². The van der Waals surface area contributed by atoms with Crippen molar-refractivity contribution in [1.82, 2.24) is 0 Å². The van der Waals surface area contributed by atoms with E-state index in [0.717, 1.165) is 0 Å². The zero-order chi connectivity index (χ0) is 20.2. The maximum Gasteiger partial charge on any atom is 0.298 e. The summed E-state index contributed by atoms with van der Waals surface area (Å²) in [6, 6.07) is 0. The molecule has 26 heavy (non-hydrogen) atoms. The molecule has 0 amide bonds. The van der Waals surface area contributed by atoms with Crippen molar-refractivity contribution in [2.24, 2.45) is 0 Å². The Labute approximate surface area is 150 Å². The van der Waals surface area contributed by atoms with Crippen LogP contribution >= 0.6 is 0 Å². The Bertz CT molecular complexity index is 733. The number of hydrogen-bond donors (Lipinski definition) is 0. The summed E-state index contributed by atoms with van der Waals surface area (Å²) < 4.78 is 90.8. The van der Waals surface area contributed by atoms with Gasteiger partial charge >= 0.3 is 0 Å². The number of benzene rings is 1. The SMILES string of the molecule is CC(C)[Si](Oc1c(F)c(F)c2c(c1F)C(F)=CC2(F)F)(C(C)C)C(C)C. The lowest BCUT2D eigenvalue weighted by atomic mass is 10.1. The number of fused-ring (bicyclic) bond motifs is 1. The average molecular weight is 396 g/mol. The predicted octanol–water partition coefficient (Wildman–Crippen LogP) is 7.07. The van der Waals surface area contributed by atoms with Crippen molar-refractivity contribution in [3.63, 3.8) is 0 Å². The minimum absolute atomic E-state index is 0.112. The molecule has 0 atom stereocenters. The van der Waals surface area contributed by atoms with E-state index in [2.05, 4.69) is 0 Å². The number of halogens is 6. The van der Waals surface area contributed by atoms with Gasteiger partial charge in [-0.1, -0.05) is 41.5 Å². The van der Waals surface area contributed by atoms with Crippen LogP contribution in [0.5, 0.6) is 5.75 Å². The Balaban J connectivity index is 2.75. The van der Waals surface area contributed by atoms with Crippen molar-refractivity contribution >= 4 is 14.1 Å². The van der Waals surface area contributed by atoms with Crippen LogP contribution in [0.1, 0.15) is 52.7 Å². The Morgan fingerprint density at radius 2 is 1.27 bits per heavy atom. The van der Waals surface area contributed by atoms with Gasteiger partial charge < -0.3 is 4.43 Å². The van der Waals surface area contributed by atoms with Crippen molar-refractivity contribution in [3.05, 3.63) is 34.7 Å². The maximum absolute atomic E-state index is 14.8. The van der Waals surface area contributed by atoms with Crippen LogP contribution in [-0.2, 0) is 5.92 Å². The molecule has 146 valence electrons. The molecule has 2 rings (SSSR count). The zero-order valence-electron chi connectivity index (χ0n) is 15.5. The van der Waals surface area contributed by atoms with Crippen LogP contribution < -0.4 is 4.43 Å². The van der Waals surface area contributed by atoms with Crippen molar-refractivity contribution in [3.8, 4) is 5.75 Å². The summed E-state index contributed by atoms with van der Waals surface area (Å²) in [6.07, 6.45) is -0.217. The van der Waals surface area contributed by atoms with Crippen molar-refractivity contribution < 1.29 is 30.8 Å². The van der Waals surface area contributed by atoms with E-state index in [0.29, 0.717) is 0 Å². The number of hydrogen-bond acceptors (Lipinski definition) is 1. The molecule has 0 N–H and O–H groups in total. The van der Waals surface area contributed by atoms with Crippen LogP contribution in [0.3, 0.4) is 0 Å². The second-order valence-corrected chi connectivity index (χ2v) is 12.9. The summed E-state index contributed by atoms with van der Waals surface area (Å²) >= 11 is 0. The number of alkyl halides is 2. The second-order valence-electron chi connectivity index (χ2n) is 7.56. The van der Waals surface area contributed by atoms with Gasteiger partial charge in [0.1, 0.15) is 5.83 Å². The highest BCUT2D eigenvalue weighted by atomic mass is 28.4. The quantitative estimate of drug-likeness (QED) is 0.294. The normalized spacial score (nSPS) is 16.5. The summed E-state index contributed by atoms with van der Waals surface area (Å²) in [6.45, 7) is 11.0. The van der Waals surface area contributed by atoms with E-state index < -0.39 is 54.4 Å². The first-order valence-corrected chi connectivity index (χ1v) is 10.6. The van der Waals surface area contributed by atoms with Crippen LogP contribution in [0.2, 0.25) is 16.6 Å². The van der Waals surface area contributed by atoms with E-state index >= 15 is 0 Å². The molecule has 0 unspecified atom stereocenters. The Hall–Kier alpha value is -1.44. The van der Waals surface area contributed by atoms with Gasteiger partial charge in [-0.25, -0.2) is 13.2 Å². The average Bonchev–Trinajstić information content (AvgIpc) is 2.73. The Morgan fingerprint density at radius 3 is 1.69 bits per heavy atom. The molecule has 0 saturated heterocycles. The monoisotopic (exact) mass is 396 g/mol. The lowest BCUT2D eigenvalue weighted by Gasteiger charge is -2.42. The third-order valence-electron chi connectivity index (χ3n) is 5.15. The minimum Gasteiger partial charge on any atom is -0.539 e. The lowest BCUT2D eigenvalue weighted by Crippen LogP contribution is -2.51. The molecule has 0 aromatic heterocycles. The van der Waals surface area contributed by atoms with E-state index in [4.69, 9.17) is 4.43 Å². The molecule has 8 heteroatoms. The molecule has 0 heterocycles. The number of allylic oxidation sites excluding steroid dienone is 1. The van der Waals surface area contributed by atoms with Crippen molar-refractivity contribution in [1.29, 1.82) is 0 Å². The first kappa shape index (κ1) is 20.9. The van der Waals surface area contributed by atoms with Crippen LogP contribution in [-0.4, -0.2) is 8.32 Å². The first-order valence-electron chi connectivity index (χ1n) is 8.45. The molecule has 1 aliphatic rings. The standard InChI is InChI=1S/C18H22F6OSi/c1-8(2)26(9(3)4,10(5)6)25-17-14(20)12-11(19)7-18(23,24)13(12)15(21)16(17)22/h7-10H,1-6H3. The van der Waals surface area contributed by atoms with Crippen LogP contribution in [0.15, 0.2) is 6.08 Å². The third kappa shape index (κ3) is 2.86. The van der Waals surface area contributed by atoms with Crippen molar-refractivity contribution in [2.45, 2.75) is 64.1 Å². The molecule has 1 aliphatic carbocycles. The molecule has 0 saturated carbocycles. The van der Waals surface area contributed by atoms with Gasteiger partial charge in [0, 0.05) is 6.08 Å². The summed E-state index contributed by atoms with van der Waals surface area (Å²) in [7, 11) is -2.92. The fraction of sp³-hybridized carbons (Fsp3) is 0.556. The molecule has 0 bridgehead atoms. The van der Waals surface area contributed by atoms with Crippen LogP contribution in [0, 0.1) is 17.5 Å². The maximum atomic E-state index is 14.8. The van der Waals surface area contributed by atoms with Crippen molar-refractivity contribution in [2.75, 3.05) is 0 Å². The van der Waals surface area contributed by atoms with Gasteiger partial charge in [-0.2, -0.15) is 13.2 Å². The van der Waals surface area contributed by atoms with E-state index in [-0.39, 0.29) is 22.7 Å². The third-order valence-corrected chi connectivity index (χ3v) is 11.1.